The Morgan fingerprint density at radius 3 is 2.31 bits per heavy atom. The van der Waals surface area contributed by atoms with Crippen LogP contribution in [0.3, 0.4) is 0 Å². The van der Waals surface area contributed by atoms with Gasteiger partial charge in [0.15, 0.2) is 12.4 Å². The van der Waals surface area contributed by atoms with Crippen LogP contribution in [0.15, 0.2) is 53.4 Å². The maximum atomic E-state index is 12.9. The second kappa shape index (κ2) is 12.1. The molecule has 3 rings (SSSR count). The summed E-state index contributed by atoms with van der Waals surface area (Å²) in [4.78, 5) is 25.0. The van der Waals surface area contributed by atoms with Crippen LogP contribution < -0.4 is 14.8 Å². The summed E-state index contributed by atoms with van der Waals surface area (Å²) in [5.41, 5.74) is 0.630. The summed E-state index contributed by atoms with van der Waals surface area (Å²) in [6, 6.07) is 9.02. The molecule has 1 fully saturated rings. The van der Waals surface area contributed by atoms with Gasteiger partial charge in [-0.2, -0.15) is 4.31 Å². The number of carbonyl (C=O) groups is 2. The average Bonchev–Trinajstić information content (AvgIpc) is 2.89. The molecular formula is C25H28Cl2N2O6S. The third-order valence-corrected chi connectivity index (χ3v) is 8.69. The van der Waals surface area contributed by atoms with Crippen molar-refractivity contribution in [2.75, 3.05) is 26.8 Å². The lowest BCUT2D eigenvalue weighted by Gasteiger charge is -2.31. The number of hydrogen-bond donors (Lipinski definition) is 1. The average molecular weight is 555 g/mol. The third-order valence-electron chi connectivity index (χ3n) is 5.91. The number of sulfonamides is 1. The monoisotopic (exact) mass is 554 g/mol. The van der Waals surface area contributed by atoms with Gasteiger partial charge in [-0.25, -0.2) is 8.42 Å². The Balaban J connectivity index is 1.52. The van der Waals surface area contributed by atoms with Gasteiger partial charge in [-0.3, -0.25) is 9.59 Å². The van der Waals surface area contributed by atoms with Gasteiger partial charge < -0.3 is 14.8 Å². The second-order valence-corrected chi connectivity index (χ2v) is 10.9. The Labute approximate surface area is 221 Å². The fraction of sp³-hybridized carbons (Fsp3) is 0.360. The van der Waals surface area contributed by atoms with E-state index in [-0.39, 0.29) is 63.7 Å². The molecule has 36 heavy (non-hydrogen) atoms. The van der Waals surface area contributed by atoms with Crippen LogP contribution in [0, 0.1) is 0 Å². The molecule has 0 atom stereocenters. The van der Waals surface area contributed by atoms with Crippen molar-refractivity contribution in [2.45, 2.75) is 37.1 Å². The van der Waals surface area contributed by atoms with E-state index >= 15 is 0 Å². The van der Waals surface area contributed by atoms with Crippen LogP contribution in [0.1, 0.15) is 36.5 Å². The van der Waals surface area contributed by atoms with Crippen LogP contribution >= 0.6 is 23.2 Å². The topological polar surface area (TPSA) is 102 Å². The number of benzene rings is 2. The SMILES string of the molecule is C=C(CC)C(=O)c1ccc(OCC(=O)NC2CCN(S(=O)(=O)c3ccc(OC)cc3)CC2)c(Cl)c1Cl. The smallest absolute Gasteiger partial charge is 0.258 e. The van der Waals surface area contributed by atoms with Crippen LogP contribution in [0.4, 0.5) is 0 Å². The van der Waals surface area contributed by atoms with Gasteiger partial charge in [-0.15, -0.1) is 0 Å². The molecule has 0 aromatic heterocycles. The summed E-state index contributed by atoms with van der Waals surface area (Å²) in [6.07, 6.45) is 1.41. The summed E-state index contributed by atoms with van der Waals surface area (Å²) in [7, 11) is -2.11. The number of rotatable bonds is 10. The van der Waals surface area contributed by atoms with Crippen molar-refractivity contribution in [1.29, 1.82) is 0 Å². The Morgan fingerprint density at radius 2 is 1.72 bits per heavy atom. The van der Waals surface area contributed by atoms with Gasteiger partial charge in [0.05, 0.1) is 17.0 Å². The zero-order chi connectivity index (χ0) is 26.5. The zero-order valence-corrected chi connectivity index (χ0v) is 22.4. The number of halogens is 2. The lowest BCUT2D eigenvalue weighted by molar-refractivity contribution is -0.124. The van der Waals surface area contributed by atoms with Crippen molar-refractivity contribution in [3.8, 4) is 11.5 Å². The van der Waals surface area contributed by atoms with Gasteiger partial charge in [-0.1, -0.05) is 36.7 Å². The number of carbonyl (C=O) groups excluding carboxylic acids is 2. The Kier molecular flexibility index (Phi) is 9.41. The summed E-state index contributed by atoms with van der Waals surface area (Å²) in [5, 5.41) is 2.94. The number of Topliss-reactive ketones (excluding diaryl/α,β-unsaturated/α-hetero) is 1. The minimum atomic E-state index is -3.63. The fourth-order valence-electron chi connectivity index (χ4n) is 3.72. The highest BCUT2D eigenvalue weighted by Gasteiger charge is 2.30. The predicted molar refractivity (Wildman–Crippen MR) is 139 cm³/mol. The first-order chi connectivity index (χ1) is 17.1. The Morgan fingerprint density at radius 1 is 1.08 bits per heavy atom. The first kappa shape index (κ1) is 28.0. The molecule has 2 aromatic rings. The molecule has 8 nitrogen and oxygen atoms in total. The maximum Gasteiger partial charge on any atom is 0.258 e. The molecule has 0 spiro atoms. The molecule has 0 unspecified atom stereocenters. The molecule has 1 amide bonds. The van der Waals surface area contributed by atoms with E-state index in [0.717, 1.165) is 0 Å². The van der Waals surface area contributed by atoms with E-state index in [1.807, 2.05) is 6.92 Å². The summed E-state index contributed by atoms with van der Waals surface area (Å²) in [5.74, 6) is 0.0797. The number of nitrogens with one attached hydrogen (secondary N) is 1. The van der Waals surface area contributed by atoms with Crippen molar-refractivity contribution in [2.24, 2.45) is 0 Å². The standard InChI is InChI=1S/C25H28Cl2N2O6S/c1-4-16(2)25(31)20-9-10-21(24(27)23(20)26)35-15-22(30)28-17-11-13-29(14-12-17)36(32,33)19-7-5-18(34-3)6-8-19/h5-10,17H,2,4,11-15H2,1,3H3,(H,28,30). The number of piperidine rings is 1. The fourth-order valence-corrected chi connectivity index (χ4v) is 5.65. The maximum absolute atomic E-state index is 12.9. The van der Waals surface area contributed by atoms with E-state index < -0.39 is 10.0 Å². The highest BCUT2D eigenvalue weighted by molar-refractivity contribution is 7.89. The Bertz CT molecular complexity index is 1240. The molecule has 0 saturated carbocycles. The molecule has 1 aliphatic rings. The normalized spacial score (nSPS) is 14.8. The molecule has 1 heterocycles. The van der Waals surface area contributed by atoms with E-state index in [9.17, 15) is 18.0 Å². The van der Waals surface area contributed by atoms with Crippen molar-refractivity contribution in [3.05, 3.63) is 64.2 Å². The number of nitrogens with zero attached hydrogens (tertiary/aromatic N) is 1. The molecule has 1 aliphatic heterocycles. The largest absolute Gasteiger partial charge is 0.497 e. The Hall–Kier alpha value is -2.59. The quantitative estimate of drug-likeness (QED) is 0.342. The first-order valence-electron chi connectivity index (χ1n) is 11.3. The number of ether oxygens (including phenoxy) is 2. The van der Waals surface area contributed by atoms with Gasteiger partial charge in [0.1, 0.15) is 16.5 Å². The van der Waals surface area contributed by atoms with E-state index in [1.165, 1.54) is 35.7 Å². The van der Waals surface area contributed by atoms with Crippen LogP contribution in [0.25, 0.3) is 0 Å². The molecule has 1 N–H and O–H groups in total. The minimum Gasteiger partial charge on any atom is -0.497 e. The van der Waals surface area contributed by atoms with E-state index in [4.69, 9.17) is 32.7 Å². The van der Waals surface area contributed by atoms with Gasteiger partial charge in [0.25, 0.3) is 5.91 Å². The lowest BCUT2D eigenvalue weighted by Crippen LogP contribution is -2.47. The number of hydrogen-bond acceptors (Lipinski definition) is 6. The van der Waals surface area contributed by atoms with Crippen molar-refractivity contribution in [3.63, 3.8) is 0 Å². The van der Waals surface area contributed by atoms with Gasteiger partial charge in [0, 0.05) is 24.7 Å². The van der Waals surface area contributed by atoms with Crippen LogP contribution in [-0.4, -0.2) is 57.3 Å². The lowest BCUT2D eigenvalue weighted by atomic mass is 10.0. The third kappa shape index (κ3) is 6.39. The number of ketones is 1. The van der Waals surface area contributed by atoms with Crippen molar-refractivity contribution in [1.82, 2.24) is 9.62 Å². The number of methoxy groups -OCH3 is 1. The molecule has 2 aromatic carbocycles. The highest BCUT2D eigenvalue weighted by Crippen LogP contribution is 2.35. The van der Waals surface area contributed by atoms with E-state index in [1.54, 1.807) is 12.1 Å². The molecule has 0 bridgehead atoms. The molecule has 0 aliphatic carbocycles. The van der Waals surface area contributed by atoms with E-state index in [0.29, 0.717) is 30.6 Å². The van der Waals surface area contributed by atoms with Crippen LogP contribution in [-0.2, 0) is 14.8 Å². The summed E-state index contributed by atoms with van der Waals surface area (Å²) in [6.45, 7) is 5.78. The summed E-state index contributed by atoms with van der Waals surface area (Å²) < 4.78 is 37.8. The highest BCUT2D eigenvalue weighted by atomic mass is 35.5. The molecular weight excluding hydrogens is 527 g/mol. The van der Waals surface area contributed by atoms with Gasteiger partial charge in [0.2, 0.25) is 10.0 Å². The molecule has 0 radical (unpaired) electrons. The second-order valence-electron chi connectivity index (χ2n) is 8.24. The number of amides is 1. The van der Waals surface area contributed by atoms with Gasteiger partial charge in [-0.05, 0) is 61.2 Å². The van der Waals surface area contributed by atoms with Crippen molar-refractivity contribution >= 4 is 44.9 Å². The molecule has 1 saturated heterocycles. The van der Waals surface area contributed by atoms with Crippen LogP contribution in [0.2, 0.25) is 10.0 Å². The van der Waals surface area contributed by atoms with Crippen LogP contribution in [0.5, 0.6) is 11.5 Å². The van der Waals surface area contributed by atoms with Gasteiger partial charge >= 0.3 is 0 Å². The first-order valence-corrected chi connectivity index (χ1v) is 13.5. The zero-order valence-electron chi connectivity index (χ0n) is 20.1. The molecule has 11 heteroatoms. The molecule has 194 valence electrons. The number of allylic oxidation sites excluding steroid dienone is 1. The van der Waals surface area contributed by atoms with Crippen molar-refractivity contribution < 1.29 is 27.5 Å². The predicted octanol–water partition coefficient (Wildman–Crippen LogP) is 4.50. The minimum absolute atomic E-state index is 0.0382. The van der Waals surface area contributed by atoms with E-state index in [2.05, 4.69) is 11.9 Å². The summed E-state index contributed by atoms with van der Waals surface area (Å²) >= 11 is 12.5.